The van der Waals surface area contributed by atoms with Gasteiger partial charge < -0.3 is 10.0 Å². The van der Waals surface area contributed by atoms with Crippen LogP contribution in [0, 0.1) is 10.1 Å². The van der Waals surface area contributed by atoms with Crippen molar-refractivity contribution in [2.45, 2.75) is 25.2 Å². The second kappa shape index (κ2) is 6.25. The maximum atomic E-state index is 11.2. The fourth-order valence-corrected chi connectivity index (χ4v) is 3.45. The molecule has 0 amide bonds. The predicted octanol–water partition coefficient (Wildman–Crippen LogP) is 2.42. The number of benzene rings is 1. The number of hydrogen-bond donors (Lipinski definition) is 1. The van der Waals surface area contributed by atoms with Crippen LogP contribution in [0.5, 0.6) is 0 Å². The van der Waals surface area contributed by atoms with Crippen LogP contribution in [0.4, 0.5) is 11.4 Å². The normalized spacial score (nSPS) is 19.5. The fourth-order valence-electron chi connectivity index (χ4n) is 2.27. The van der Waals surface area contributed by atoms with Crippen molar-refractivity contribution in [2.75, 3.05) is 23.7 Å². The van der Waals surface area contributed by atoms with Gasteiger partial charge in [0.25, 0.3) is 5.69 Å². The van der Waals surface area contributed by atoms with Gasteiger partial charge in [0.15, 0.2) is 0 Å². The molecule has 19 heavy (non-hydrogen) atoms. The Bertz CT molecular complexity index is 467. The summed E-state index contributed by atoms with van der Waals surface area (Å²) in [5.41, 5.74) is 1.34. The van der Waals surface area contributed by atoms with E-state index in [0.717, 1.165) is 25.3 Å². The van der Waals surface area contributed by atoms with Crippen molar-refractivity contribution >= 4 is 23.1 Å². The largest absolute Gasteiger partial charge is 0.392 e. The lowest BCUT2D eigenvalue weighted by Crippen LogP contribution is -2.37. The number of hydrogen-bond acceptors (Lipinski definition) is 5. The zero-order valence-electron chi connectivity index (χ0n) is 10.9. The Morgan fingerprint density at radius 2 is 2.37 bits per heavy atom. The molecule has 5 nitrogen and oxygen atoms in total. The van der Waals surface area contributed by atoms with Crippen LogP contribution in [0.25, 0.3) is 0 Å². The lowest BCUT2D eigenvalue weighted by molar-refractivity contribution is -0.384. The summed E-state index contributed by atoms with van der Waals surface area (Å²) >= 11 is 1.93. The Morgan fingerprint density at radius 1 is 1.58 bits per heavy atom. The van der Waals surface area contributed by atoms with E-state index in [9.17, 15) is 10.1 Å². The van der Waals surface area contributed by atoms with Gasteiger partial charge in [0.1, 0.15) is 5.69 Å². The number of rotatable bonds is 4. The number of thioether (sulfide) groups is 1. The van der Waals surface area contributed by atoms with Crippen molar-refractivity contribution in [3.05, 3.63) is 33.9 Å². The molecule has 1 aromatic rings. The van der Waals surface area contributed by atoms with Crippen molar-refractivity contribution in [2.24, 2.45) is 0 Å². The molecule has 2 rings (SSSR count). The number of nitro groups is 1. The maximum Gasteiger partial charge on any atom is 0.292 e. The summed E-state index contributed by atoms with van der Waals surface area (Å²) in [6, 6.07) is 4.98. The Labute approximate surface area is 116 Å². The SMILES string of the molecule is CCC1CN(c2ccc(CO)cc2[N+](=O)[O-])CCS1. The quantitative estimate of drug-likeness (QED) is 0.678. The molecular weight excluding hydrogens is 264 g/mol. The topological polar surface area (TPSA) is 66.6 Å². The average molecular weight is 282 g/mol. The first-order valence-corrected chi connectivity index (χ1v) is 7.45. The summed E-state index contributed by atoms with van der Waals surface area (Å²) in [7, 11) is 0. The molecule has 0 spiro atoms. The smallest absolute Gasteiger partial charge is 0.292 e. The summed E-state index contributed by atoms with van der Waals surface area (Å²) in [5.74, 6) is 0.997. The predicted molar refractivity (Wildman–Crippen MR) is 77.8 cm³/mol. The molecule has 1 heterocycles. The van der Waals surface area contributed by atoms with Crippen LogP contribution >= 0.6 is 11.8 Å². The molecule has 0 bridgehead atoms. The van der Waals surface area contributed by atoms with Gasteiger partial charge in [-0.05, 0) is 18.1 Å². The molecule has 0 aliphatic carbocycles. The van der Waals surface area contributed by atoms with Crippen LogP contribution < -0.4 is 4.90 Å². The summed E-state index contributed by atoms with van der Waals surface area (Å²) in [6.07, 6.45) is 1.07. The van der Waals surface area contributed by atoms with Gasteiger partial charge in [-0.2, -0.15) is 11.8 Å². The van der Waals surface area contributed by atoms with Crippen LogP contribution in [0.2, 0.25) is 0 Å². The first kappa shape index (κ1) is 14.1. The second-order valence-electron chi connectivity index (χ2n) is 4.59. The van der Waals surface area contributed by atoms with Gasteiger partial charge in [-0.15, -0.1) is 0 Å². The Kier molecular flexibility index (Phi) is 4.66. The van der Waals surface area contributed by atoms with Gasteiger partial charge in [-0.3, -0.25) is 10.1 Å². The zero-order valence-corrected chi connectivity index (χ0v) is 11.7. The van der Waals surface area contributed by atoms with Gasteiger partial charge in [-0.1, -0.05) is 13.0 Å². The molecule has 0 saturated carbocycles. The van der Waals surface area contributed by atoms with E-state index in [1.165, 1.54) is 6.07 Å². The maximum absolute atomic E-state index is 11.2. The highest BCUT2D eigenvalue weighted by molar-refractivity contribution is 8.00. The van der Waals surface area contributed by atoms with Gasteiger partial charge in [-0.25, -0.2) is 0 Å². The average Bonchev–Trinajstić information content (AvgIpc) is 2.46. The number of aliphatic hydroxyl groups excluding tert-OH is 1. The molecule has 0 aromatic heterocycles. The lowest BCUT2D eigenvalue weighted by atomic mass is 10.1. The van der Waals surface area contributed by atoms with Crippen LogP contribution in [-0.4, -0.2) is 34.1 Å². The van der Waals surface area contributed by atoms with Crippen molar-refractivity contribution in [1.29, 1.82) is 0 Å². The molecule has 6 heteroatoms. The minimum Gasteiger partial charge on any atom is -0.392 e. The fraction of sp³-hybridized carbons (Fsp3) is 0.538. The van der Waals surface area contributed by atoms with Crippen molar-refractivity contribution in [3.8, 4) is 0 Å². The molecule has 104 valence electrons. The number of nitrogens with zero attached hydrogens (tertiary/aromatic N) is 2. The standard InChI is InChI=1S/C13H18N2O3S/c1-2-11-8-14(5-6-19-11)12-4-3-10(9-16)7-13(12)15(17)18/h3-4,7,11,16H,2,5-6,8-9H2,1H3. The van der Waals surface area contributed by atoms with E-state index in [1.807, 2.05) is 11.8 Å². The van der Waals surface area contributed by atoms with Crippen LogP contribution in [0.15, 0.2) is 18.2 Å². The van der Waals surface area contributed by atoms with Gasteiger partial charge >= 0.3 is 0 Å². The third-order valence-corrected chi connectivity index (χ3v) is 4.73. The highest BCUT2D eigenvalue weighted by Gasteiger charge is 2.25. The number of nitro benzene ring substituents is 1. The Morgan fingerprint density at radius 3 is 3.00 bits per heavy atom. The van der Waals surface area contributed by atoms with E-state index in [0.29, 0.717) is 16.5 Å². The van der Waals surface area contributed by atoms with Gasteiger partial charge in [0.2, 0.25) is 0 Å². The Balaban J connectivity index is 2.30. The van der Waals surface area contributed by atoms with E-state index < -0.39 is 0 Å². The molecule has 1 atom stereocenters. The summed E-state index contributed by atoms with van der Waals surface area (Å²) < 4.78 is 0. The van der Waals surface area contributed by atoms with Gasteiger partial charge in [0.05, 0.1) is 11.5 Å². The highest BCUT2D eigenvalue weighted by Crippen LogP contribution is 2.33. The minimum atomic E-state index is -0.364. The van der Waals surface area contributed by atoms with E-state index in [1.54, 1.807) is 12.1 Å². The molecular formula is C13H18N2O3S. The van der Waals surface area contributed by atoms with Crippen molar-refractivity contribution in [3.63, 3.8) is 0 Å². The monoisotopic (exact) mass is 282 g/mol. The van der Waals surface area contributed by atoms with Crippen molar-refractivity contribution in [1.82, 2.24) is 0 Å². The highest BCUT2D eigenvalue weighted by atomic mass is 32.2. The number of anilines is 1. The van der Waals surface area contributed by atoms with Crippen LogP contribution in [-0.2, 0) is 6.61 Å². The first-order chi connectivity index (χ1) is 9.15. The van der Waals surface area contributed by atoms with E-state index in [-0.39, 0.29) is 17.2 Å². The second-order valence-corrected chi connectivity index (χ2v) is 5.99. The van der Waals surface area contributed by atoms with Gasteiger partial charge in [0, 0.05) is 30.2 Å². The molecule has 1 fully saturated rings. The van der Waals surface area contributed by atoms with E-state index in [2.05, 4.69) is 11.8 Å². The number of aliphatic hydroxyl groups is 1. The molecule has 1 aliphatic heterocycles. The third kappa shape index (κ3) is 3.19. The van der Waals surface area contributed by atoms with Crippen molar-refractivity contribution < 1.29 is 10.0 Å². The minimum absolute atomic E-state index is 0.0910. The Hall–Kier alpha value is -1.27. The molecule has 1 N–H and O–H groups in total. The van der Waals surface area contributed by atoms with E-state index in [4.69, 9.17) is 5.11 Å². The van der Waals surface area contributed by atoms with E-state index >= 15 is 0 Å². The third-order valence-electron chi connectivity index (χ3n) is 3.35. The summed E-state index contributed by atoms with van der Waals surface area (Å²) in [6.45, 7) is 3.65. The zero-order chi connectivity index (χ0) is 13.8. The molecule has 1 aromatic carbocycles. The molecule has 1 unspecified atom stereocenters. The molecule has 1 saturated heterocycles. The summed E-state index contributed by atoms with van der Waals surface area (Å²) in [4.78, 5) is 12.9. The van der Waals surface area contributed by atoms with Crippen LogP contribution in [0.3, 0.4) is 0 Å². The summed E-state index contributed by atoms with van der Waals surface area (Å²) in [5, 5.41) is 20.8. The van der Waals surface area contributed by atoms with Crippen LogP contribution in [0.1, 0.15) is 18.9 Å². The lowest BCUT2D eigenvalue weighted by Gasteiger charge is -2.33. The molecule has 1 aliphatic rings. The first-order valence-electron chi connectivity index (χ1n) is 6.40. The molecule has 0 radical (unpaired) electrons.